The minimum absolute atomic E-state index is 0.00528. The number of rotatable bonds is 6. The molecule has 2 fully saturated rings. The summed E-state index contributed by atoms with van der Waals surface area (Å²) in [5, 5.41) is 12.0. The molecule has 1 N–H and O–H groups in total. The molecule has 0 radical (unpaired) electrons. The highest BCUT2D eigenvalue weighted by molar-refractivity contribution is 5.80. The summed E-state index contributed by atoms with van der Waals surface area (Å²) in [6.45, 7) is 2.41. The number of ether oxygens (including phenoxy) is 2. The van der Waals surface area contributed by atoms with Gasteiger partial charge in [0.05, 0.1) is 7.11 Å². The second kappa shape index (κ2) is 8.70. The number of likely N-dealkylation sites (N-methyl/N-ethyl adjacent to an activating group) is 1. The first-order valence-electron chi connectivity index (χ1n) is 13.8. The maximum absolute atomic E-state index is 12.0. The van der Waals surface area contributed by atoms with Crippen LogP contribution in [0.15, 0.2) is 60.7 Å². The molecule has 5 heteroatoms. The highest BCUT2D eigenvalue weighted by Gasteiger charge is 2.64. The van der Waals surface area contributed by atoms with Crippen molar-refractivity contribution in [2.24, 2.45) is 5.92 Å². The second-order valence-electron chi connectivity index (χ2n) is 11.4. The van der Waals surface area contributed by atoms with Crippen LogP contribution in [0.2, 0.25) is 0 Å². The maximum atomic E-state index is 12.0. The van der Waals surface area contributed by atoms with E-state index in [2.05, 4.69) is 65.4 Å². The number of phenols is 1. The van der Waals surface area contributed by atoms with E-state index in [0.717, 1.165) is 43.0 Å². The zero-order valence-electron chi connectivity index (χ0n) is 21.8. The zero-order chi connectivity index (χ0) is 25.1. The van der Waals surface area contributed by atoms with E-state index in [1.807, 2.05) is 12.1 Å². The predicted molar refractivity (Wildman–Crippen MR) is 146 cm³/mol. The van der Waals surface area contributed by atoms with Crippen LogP contribution in [0, 0.1) is 5.92 Å². The molecule has 2 aliphatic carbocycles. The number of likely N-dealkylation sites (tertiary alicyclic amines) is 1. The quantitative estimate of drug-likeness (QED) is 0.477. The number of benzene rings is 3. The molecule has 1 spiro atoms. The molecule has 1 saturated carbocycles. The highest BCUT2D eigenvalue weighted by Crippen LogP contribution is 2.67. The van der Waals surface area contributed by atoms with Gasteiger partial charge >= 0.3 is 0 Å². The molecule has 2 aliphatic heterocycles. The lowest BCUT2D eigenvalue weighted by Crippen LogP contribution is -2.63. The van der Waals surface area contributed by atoms with Gasteiger partial charge < -0.3 is 24.4 Å². The lowest BCUT2D eigenvalue weighted by Gasteiger charge is -2.57. The van der Waals surface area contributed by atoms with Gasteiger partial charge in [-0.05, 0) is 62.7 Å². The Morgan fingerprint density at radius 2 is 1.70 bits per heavy atom. The fraction of sp³-hybridized carbons (Fsp3) is 0.438. The molecule has 37 heavy (non-hydrogen) atoms. The Morgan fingerprint density at radius 1 is 1.03 bits per heavy atom. The van der Waals surface area contributed by atoms with Crippen LogP contribution in [-0.4, -0.2) is 42.9 Å². The van der Waals surface area contributed by atoms with Gasteiger partial charge in [0.25, 0.3) is 0 Å². The third-order valence-electron chi connectivity index (χ3n) is 9.68. The van der Waals surface area contributed by atoms with Crippen LogP contribution >= 0.6 is 0 Å². The number of piperidine rings is 1. The molecule has 4 atom stereocenters. The third kappa shape index (κ3) is 3.33. The van der Waals surface area contributed by atoms with Crippen molar-refractivity contribution in [3.8, 4) is 17.2 Å². The molecule has 0 aromatic heterocycles. The van der Waals surface area contributed by atoms with Crippen molar-refractivity contribution in [1.82, 2.24) is 4.90 Å². The molecule has 0 amide bonds. The van der Waals surface area contributed by atoms with E-state index < -0.39 is 0 Å². The van der Waals surface area contributed by atoms with Crippen molar-refractivity contribution < 1.29 is 14.6 Å². The van der Waals surface area contributed by atoms with Crippen LogP contribution in [0.1, 0.15) is 47.9 Å². The Labute approximate surface area is 219 Å². The first-order chi connectivity index (χ1) is 18.1. The first kappa shape index (κ1) is 23.0. The molecule has 7 rings (SSSR count). The number of nitrogens with zero attached hydrogens (tertiary/aromatic N) is 2. The Morgan fingerprint density at radius 3 is 2.35 bits per heavy atom. The molecule has 0 unspecified atom stereocenters. The number of anilines is 1. The van der Waals surface area contributed by atoms with Gasteiger partial charge in [-0.3, -0.25) is 0 Å². The Balaban J connectivity index is 1.43. The fourth-order valence-electron chi connectivity index (χ4n) is 8.14. The number of hydrogen-bond donors (Lipinski definition) is 1. The van der Waals surface area contributed by atoms with Gasteiger partial charge in [0, 0.05) is 35.7 Å². The minimum atomic E-state index is 0.00528. The molecular weight excluding hydrogens is 460 g/mol. The van der Waals surface area contributed by atoms with Crippen LogP contribution in [0.5, 0.6) is 17.2 Å². The van der Waals surface area contributed by atoms with E-state index in [-0.39, 0.29) is 17.3 Å². The van der Waals surface area contributed by atoms with Gasteiger partial charge in [-0.1, -0.05) is 60.7 Å². The normalized spacial score (nSPS) is 27.4. The first-order valence-corrected chi connectivity index (χ1v) is 13.8. The van der Waals surface area contributed by atoms with Gasteiger partial charge in [-0.15, -0.1) is 0 Å². The average molecular weight is 497 g/mol. The van der Waals surface area contributed by atoms with Crippen LogP contribution in [-0.2, 0) is 24.9 Å². The van der Waals surface area contributed by atoms with E-state index in [0.29, 0.717) is 25.0 Å². The topological polar surface area (TPSA) is 45.2 Å². The molecule has 2 heterocycles. The van der Waals surface area contributed by atoms with Crippen LogP contribution < -0.4 is 14.4 Å². The summed E-state index contributed by atoms with van der Waals surface area (Å²) >= 11 is 0. The summed E-state index contributed by atoms with van der Waals surface area (Å²) in [4.78, 5) is 4.83. The number of methoxy groups -OCH3 is 1. The number of hydrogen-bond acceptors (Lipinski definition) is 5. The Bertz CT molecular complexity index is 1270. The fourth-order valence-corrected chi connectivity index (χ4v) is 8.14. The maximum Gasteiger partial charge on any atom is 0.185 e. The zero-order valence-corrected chi connectivity index (χ0v) is 21.8. The predicted octanol–water partition coefficient (Wildman–Crippen LogP) is 5.67. The molecule has 192 valence electrons. The van der Waals surface area contributed by atoms with Gasteiger partial charge in [0.15, 0.2) is 11.5 Å². The van der Waals surface area contributed by atoms with E-state index in [1.165, 1.54) is 35.1 Å². The van der Waals surface area contributed by atoms with Crippen molar-refractivity contribution >= 4 is 5.69 Å². The molecular formula is C32H36N2O3. The Hall–Kier alpha value is -3.18. The Kier molecular flexibility index (Phi) is 5.40. The highest BCUT2D eigenvalue weighted by atomic mass is 16.5. The summed E-state index contributed by atoms with van der Waals surface area (Å²) in [6.07, 6.45) is 5.70. The largest absolute Gasteiger partial charge is 0.503 e. The van der Waals surface area contributed by atoms with Crippen molar-refractivity contribution in [3.63, 3.8) is 0 Å². The third-order valence-corrected chi connectivity index (χ3v) is 9.68. The van der Waals surface area contributed by atoms with Crippen molar-refractivity contribution in [1.29, 1.82) is 0 Å². The lowest BCUT2D eigenvalue weighted by molar-refractivity contribution is -0.0429. The van der Waals surface area contributed by atoms with Crippen LogP contribution in [0.4, 0.5) is 5.69 Å². The van der Waals surface area contributed by atoms with E-state index >= 15 is 0 Å². The van der Waals surface area contributed by atoms with Crippen LogP contribution in [0.3, 0.4) is 0 Å². The number of phenolic OH excluding ortho intramolecular Hbond substituents is 1. The average Bonchev–Trinajstić information content (AvgIpc) is 3.26. The van der Waals surface area contributed by atoms with Crippen molar-refractivity contribution in [2.75, 3.05) is 25.6 Å². The molecule has 1 saturated heterocycles. The number of aromatic hydroxyl groups is 1. The van der Waals surface area contributed by atoms with Crippen molar-refractivity contribution in [3.05, 3.63) is 82.9 Å². The second-order valence-corrected chi connectivity index (χ2v) is 11.4. The molecule has 3 aromatic rings. The van der Waals surface area contributed by atoms with Crippen LogP contribution in [0.25, 0.3) is 0 Å². The van der Waals surface area contributed by atoms with Gasteiger partial charge in [0.1, 0.15) is 17.5 Å². The monoisotopic (exact) mass is 496 g/mol. The van der Waals surface area contributed by atoms with Gasteiger partial charge in [-0.25, -0.2) is 0 Å². The molecule has 3 aromatic carbocycles. The lowest BCUT2D eigenvalue weighted by atomic mass is 9.52. The van der Waals surface area contributed by atoms with Gasteiger partial charge in [-0.2, -0.15) is 0 Å². The summed E-state index contributed by atoms with van der Waals surface area (Å²) in [7, 11) is 4.05. The molecule has 2 bridgehead atoms. The minimum Gasteiger partial charge on any atom is -0.503 e. The molecule has 5 nitrogen and oxygen atoms in total. The van der Waals surface area contributed by atoms with E-state index in [9.17, 15) is 5.11 Å². The SMILES string of the molecule is COc1c2c3c(c(O)c1N(Cc1ccccc1)Cc1ccccc1)O[C@H]1CCC[C@H]4[C@@H](C2)N(C)CC[C@]314. The summed E-state index contributed by atoms with van der Waals surface area (Å²) in [5.74, 6) is 2.40. The van der Waals surface area contributed by atoms with Crippen molar-refractivity contribution in [2.45, 2.75) is 62.8 Å². The van der Waals surface area contributed by atoms with E-state index in [1.54, 1.807) is 7.11 Å². The summed E-state index contributed by atoms with van der Waals surface area (Å²) in [6, 6.07) is 21.5. The van der Waals surface area contributed by atoms with Gasteiger partial charge in [0.2, 0.25) is 0 Å². The molecule has 4 aliphatic rings. The smallest absolute Gasteiger partial charge is 0.185 e. The standard InChI is InChI=1S/C32H36N2O3/c1-33-17-16-32-24-14-9-15-26(32)37-31-27(32)23(18-25(24)33)30(36-2)28(29(31)35)34(19-21-10-5-3-6-11-21)20-22-12-7-4-8-13-22/h3-8,10-13,24-26,35H,9,14-20H2,1-2H3/t24-,25+,26-,32+/m0/s1. The summed E-state index contributed by atoms with van der Waals surface area (Å²) in [5.41, 5.74) is 5.68. The van der Waals surface area contributed by atoms with E-state index in [4.69, 9.17) is 9.47 Å². The summed E-state index contributed by atoms with van der Waals surface area (Å²) < 4.78 is 13.0.